The van der Waals surface area contributed by atoms with E-state index in [0.717, 1.165) is 24.2 Å². The first-order valence-electron chi connectivity index (χ1n) is 6.73. The molecule has 102 valence electrons. The number of aliphatic hydroxyl groups is 1. The van der Waals surface area contributed by atoms with Gasteiger partial charge in [0.05, 0.1) is 6.61 Å². The van der Waals surface area contributed by atoms with Crippen molar-refractivity contribution in [1.29, 1.82) is 0 Å². The minimum atomic E-state index is 0.00410. The highest BCUT2D eigenvalue weighted by Gasteiger charge is 2.17. The van der Waals surface area contributed by atoms with Crippen molar-refractivity contribution in [2.24, 2.45) is 5.73 Å². The summed E-state index contributed by atoms with van der Waals surface area (Å²) in [6.45, 7) is 7.04. The van der Waals surface area contributed by atoms with E-state index in [1.165, 1.54) is 0 Å². The summed E-state index contributed by atoms with van der Waals surface area (Å²) in [6, 6.07) is 4.38. The van der Waals surface area contributed by atoms with E-state index in [0.29, 0.717) is 12.6 Å². The van der Waals surface area contributed by atoms with Crippen molar-refractivity contribution in [3.8, 4) is 0 Å². The van der Waals surface area contributed by atoms with Gasteiger partial charge in [0.1, 0.15) is 5.82 Å². The van der Waals surface area contributed by atoms with E-state index >= 15 is 0 Å². The van der Waals surface area contributed by atoms with Gasteiger partial charge in [-0.1, -0.05) is 13.8 Å². The quantitative estimate of drug-likeness (QED) is 0.779. The van der Waals surface area contributed by atoms with Crippen molar-refractivity contribution in [2.75, 3.05) is 18.1 Å². The van der Waals surface area contributed by atoms with Gasteiger partial charge in [-0.3, -0.25) is 0 Å². The Bertz CT molecular complexity index is 351. The van der Waals surface area contributed by atoms with Crippen LogP contribution in [0.5, 0.6) is 0 Å². The average Bonchev–Trinajstić information content (AvgIpc) is 2.39. The Hall–Kier alpha value is -1.13. The van der Waals surface area contributed by atoms with E-state index in [1.54, 1.807) is 6.20 Å². The predicted octanol–water partition coefficient (Wildman–Crippen LogP) is 2.09. The maximum Gasteiger partial charge on any atom is 0.129 e. The summed E-state index contributed by atoms with van der Waals surface area (Å²) in [5.74, 6) is 0.910. The highest BCUT2D eigenvalue weighted by atomic mass is 16.3. The lowest BCUT2D eigenvalue weighted by atomic mass is 10.1. The summed E-state index contributed by atoms with van der Waals surface area (Å²) in [7, 11) is 0. The second-order valence-electron chi connectivity index (χ2n) is 4.62. The average molecular weight is 251 g/mol. The van der Waals surface area contributed by atoms with E-state index < -0.39 is 0 Å². The first-order valence-corrected chi connectivity index (χ1v) is 6.73. The molecule has 1 aromatic heterocycles. The van der Waals surface area contributed by atoms with Gasteiger partial charge in [-0.05, 0) is 37.5 Å². The second-order valence-corrected chi connectivity index (χ2v) is 4.62. The molecule has 1 rings (SSSR count). The Morgan fingerprint density at radius 2 is 2.06 bits per heavy atom. The lowest BCUT2D eigenvalue weighted by Gasteiger charge is -2.31. The van der Waals surface area contributed by atoms with Crippen LogP contribution in [0, 0.1) is 0 Å². The van der Waals surface area contributed by atoms with Gasteiger partial charge >= 0.3 is 0 Å². The molecule has 4 heteroatoms. The summed E-state index contributed by atoms with van der Waals surface area (Å²) in [5.41, 5.74) is 6.98. The molecule has 1 atom stereocenters. The zero-order valence-electron chi connectivity index (χ0n) is 11.6. The normalized spacial score (nSPS) is 12.8. The van der Waals surface area contributed by atoms with Crippen LogP contribution < -0.4 is 10.6 Å². The van der Waals surface area contributed by atoms with Crippen molar-refractivity contribution < 1.29 is 5.11 Å². The van der Waals surface area contributed by atoms with E-state index in [4.69, 9.17) is 5.73 Å². The topological polar surface area (TPSA) is 62.4 Å². The monoisotopic (exact) mass is 251 g/mol. The molecule has 0 radical (unpaired) electrons. The third kappa shape index (κ3) is 3.68. The van der Waals surface area contributed by atoms with Crippen LogP contribution in [0.3, 0.4) is 0 Å². The maximum atomic E-state index is 9.22. The molecule has 18 heavy (non-hydrogen) atoms. The fraction of sp³-hybridized carbons (Fsp3) is 0.643. The van der Waals surface area contributed by atoms with Gasteiger partial charge in [0.25, 0.3) is 0 Å². The van der Waals surface area contributed by atoms with E-state index in [2.05, 4.69) is 23.7 Å². The van der Waals surface area contributed by atoms with Crippen LogP contribution in [0.4, 0.5) is 5.82 Å². The second kappa shape index (κ2) is 7.34. The van der Waals surface area contributed by atoms with Gasteiger partial charge in [-0.15, -0.1) is 0 Å². The Kier molecular flexibility index (Phi) is 6.09. The standard InChI is InChI=1S/C14H25N3O/c1-4-13(5-2)17(8-9-18)14-10-12(11(3)15)6-7-16-14/h6-7,10-11,13,18H,4-5,8-9,15H2,1-3H3/t11-/m0/s1. The summed E-state index contributed by atoms with van der Waals surface area (Å²) < 4.78 is 0. The molecular weight excluding hydrogens is 226 g/mol. The summed E-state index contributed by atoms with van der Waals surface area (Å²) in [6.07, 6.45) is 3.88. The molecule has 4 nitrogen and oxygen atoms in total. The molecule has 0 aromatic carbocycles. The molecule has 1 heterocycles. The molecule has 0 aliphatic heterocycles. The van der Waals surface area contributed by atoms with E-state index in [-0.39, 0.29) is 12.6 Å². The SMILES string of the molecule is CCC(CC)N(CCO)c1cc([C@H](C)N)ccn1. The fourth-order valence-corrected chi connectivity index (χ4v) is 2.20. The number of anilines is 1. The zero-order valence-corrected chi connectivity index (χ0v) is 11.6. The summed E-state index contributed by atoms with van der Waals surface area (Å²) in [4.78, 5) is 6.59. The highest BCUT2D eigenvalue weighted by molar-refractivity contribution is 5.43. The first kappa shape index (κ1) is 14.9. The number of rotatable bonds is 7. The number of nitrogens with two attached hydrogens (primary N) is 1. The van der Waals surface area contributed by atoms with Crippen LogP contribution in [0.2, 0.25) is 0 Å². The highest BCUT2D eigenvalue weighted by Crippen LogP contribution is 2.21. The van der Waals surface area contributed by atoms with Crippen LogP contribution in [0.15, 0.2) is 18.3 Å². The predicted molar refractivity (Wildman–Crippen MR) is 75.6 cm³/mol. The summed E-state index contributed by atoms with van der Waals surface area (Å²) >= 11 is 0. The third-order valence-corrected chi connectivity index (χ3v) is 3.31. The first-order chi connectivity index (χ1) is 8.63. The minimum Gasteiger partial charge on any atom is -0.395 e. The number of hydrogen-bond acceptors (Lipinski definition) is 4. The molecule has 0 unspecified atom stereocenters. The fourth-order valence-electron chi connectivity index (χ4n) is 2.20. The lowest BCUT2D eigenvalue weighted by molar-refractivity contribution is 0.295. The van der Waals surface area contributed by atoms with Gasteiger partial charge in [-0.25, -0.2) is 4.98 Å². The molecule has 0 bridgehead atoms. The van der Waals surface area contributed by atoms with Crippen molar-refractivity contribution in [1.82, 2.24) is 4.98 Å². The maximum absolute atomic E-state index is 9.22. The number of aromatic nitrogens is 1. The number of pyridine rings is 1. The molecule has 0 aliphatic rings. The molecule has 0 fully saturated rings. The third-order valence-electron chi connectivity index (χ3n) is 3.31. The van der Waals surface area contributed by atoms with Crippen LogP contribution in [0.1, 0.15) is 45.2 Å². The Labute approximate surface area is 110 Å². The van der Waals surface area contributed by atoms with Crippen LogP contribution in [-0.2, 0) is 0 Å². The summed E-state index contributed by atoms with van der Waals surface area (Å²) in [5, 5.41) is 9.22. The van der Waals surface area contributed by atoms with Crippen LogP contribution in [0.25, 0.3) is 0 Å². The number of hydrogen-bond donors (Lipinski definition) is 2. The molecule has 0 aliphatic carbocycles. The lowest BCUT2D eigenvalue weighted by Crippen LogP contribution is -2.37. The van der Waals surface area contributed by atoms with Crippen LogP contribution in [-0.4, -0.2) is 29.3 Å². The van der Waals surface area contributed by atoms with E-state index in [9.17, 15) is 5.11 Å². The van der Waals surface area contributed by atoms with E-state index in [1.807, 2.05) is 19.1 Å². The largest absolute Gasteiger partial charge is 0.395 e. The molecule has 0 saturated heterocycles. The molecule has 0 spiro atoms. The van der Waals surface area contributed by atoms with Gasteiger partial charge in [0, 0.05) is 24.8 Å². The number of nitrogens with zero attached hydrogens (tertiary/aromatic N) is 2. The Balaban J connectivity index is 3.00. The molecule has 0 amide bonds. The molecule has 0 saturated carbocycles. The Morgan fingerprint density at radius 1 is 1.39 bits per heavy atom. The van der Waals surface area contributed by atoms with Gasteiger partial charge in [0.15, 0.2) is 0 Å². The van der Waals surface area contributed by atoms with Crippen LogP contribution >= 0.6 is 0 Å². The van der Waals surface area contributed by atoms with Gasteiger partial charge in [-0.2, -0.15) is 0 Å². The molecular formula is C14H25N3O. The number of aliphatic hydroxyl groups excluding tert-OH is 1. The molecule has 1 aromatic rings. The van der Waals surface area contributed by atoms with Crippen molar-refractivity contribution in [2.45, 2.75) is 45.7 Å². The Morgan fingerprint density at radius 3 is 2.56 bits per heavy atom. The minimum absolute atomic E-state index is 0.00410. The van der Waals surface area contributed by atoms with Crippen molar-refractivity contribution in [3.05, 3.63) is 23.9 Å². The van der Waals surface area contributed by atoms with Gasteiger partial charge in [0.2, 0.25) is 0 Å². The zero-order chi connectivity index (χ0) is 13.5. The van der Waals surface area contributed by atoms with Crippen molar-refractivity contribution in [3.63, 3.8) is 0 Å². The van der Waals surface area contributed by atoms with Crippen molar-refractivity contribution >= 4 is 5.82 Å². The smallest absolute Gasteiger partial charge is 0.129 e. The molecule has 3 N–H and O–H groups in total. The van der Waals surface area contributed by atoms with Gasteiger partial charge < -0.3 is 15.7 Å².